The lowest BCUT2D eigenvalue weighted by atomic mass is 10.00. The van der Waals surface area contributed by atoms with Crippen molar-refractivity contribution in [1.29, 1.82) is 0 Å². The van der Waals surface area contributed by atoms with Crippen LogP contribution in [-0.4, -0.2) is 52.8 Å². The molecule has 4 aromatic rings. The molecule has 0 saturated heterocycles. The minimum absolute atomic E-state index is 0.0218. The van der Waals surface area contributed by atoms with E-state index in [-0.39, 0.29) is 24.2 Å². The summed E-state index contributed by atoms with van der Waals surface area (Å²) in [4.78, 5) is 24.2. The van der Waals surface area contributed by atoms with Gasteiger partial charge in [-0.2, -0.15) is 5.10 Å². The van der Waals surface area contributed by atoms with Gasteiger partial charge in [-0.25, -0.2) is 9.59 Å². The van der Waals surface area contributed by atoms with Gasteiger partial charge in [0.1, 0.15) is 29.6 Å². The van der Waals surface area contributed by atoms with Crippen LogP contribution in [0, 0.1) is 0 Å². The van der Waals surface area contributed by atoms with E-state index in [1.54, 1.807) is 44.6 Å². The van der Waals surface area contributed by atoms with E-state index in [1.165, 1.54) is 6.07 Å². The highest BCUT2D eigenvalue weighted by Crippen LogP contribution is 2.37. The number of carbonyl (C=O) groups is 2. The molecule has 2 heterocycles. The minimum atomic E-state index is -1.06. The fourth-order valence-electron chi connectivity index (χ4n) is 5.32. The second kappa shape index (κ2) is 14.0. The quantitative estimate of drug-likeness (QED) is 0.158. The van der Waals surface area contributed by atoms with Crippen LogP contribution in [0.5, 0.6) is 23.0 Å². The molecule has 45 heavy (non-hydrogen) atoms. The first kappa shape index (κ1) is 31.2. The predicted molar refractivity (Wildman–Crippen MR) is 168 cm³/mol. The number of ether oxygens (including phenoxy) is 4. The average Bonchev–Trinajstić information content (AvgIpc) is 3.68. The Bertz CT molecular complexity index is 1740. The van der Waals surface area contributed by atoms with Gasteiger partial charge in [-0.05, 0) is 48.9 Å². The van der Waals surface area contributed by atoms with Gasteiger partial charge in [-0.1, -0.05) is 31.5 Å². The molecule has 0 bridgehead atoms. The molecule has 0 atom stereocenters. The molecule has 234 valence electrons. The number of aromatic nitrogens is 2. The minimum Gasteiger partial charge on any atom is -0.497 e. The number of methoxy groups -OCH3 is 2. The van der Waals surface area contributed by atoms with Crippen LogP contribution in [-0.2, 0) is 30.8 Å². The molecule has 0 saturated carbocycles. The largest absolute Gasteiger partial charge is 0.497 e. The number of rotatable bonds is 14. The Balaban J connectivity index is 1.52. The van der Waals surface area contributed by atoms with Gasteiger partial charge in [-0.3, -0.25) is 4.68 Å². The van der Waals surface area contributed by atoms with Crippen molar-refractivity contribution in [3.05, 3.63) is 94.2 Å². The zero-order valence-electron chi connectivity index (χ0n) is 25.5. The Hall–Kier alpha value is -5.25. The van der Waals surface area contributed by atoms with Crippen LogP contribution in [0.2, 0.25) is 0 Å². The van der Waals surface area contributed by atoms with Crippen LogP contribution in [0.15, 0.2) is 66.2 Å². The van der Waals surface area contributed by atoms with Gasteiger partial charge < -0.3 is 29.2 Å². The zero-order chi connectivity index (χ0) is 31.9. The van der Waals surface area contributed by atoms with E-state index in [4.69, 9.17) is 24.0 Å². The molecule has 0 fully saturated rings. The molecular formula is C35H36N2O8. The SMILES string of the molecule is CCCCn1nc(C=C(Cc2cc3c(cc2OC)CCO3)C(=O)O)cc1-c1ccc(OC)cc1OCc1ccccc1C(=O)O. The lowest BCUT2D eigenvalue weighted by Crippen LogP contribution is -2.07. The number of aryl methyl sites for hydroxylation is 1. The van der Waals surface area contributed by atoms with Crippen molar-refractivity contribution in [1.82, 2.24) is 9.78 Å². The second-order valence-corrected chi connectivity index (χ2v) is 10.7. The molecule has 0 spiro atoms. The summed E-state index contributed by atoms with van der Waals surface area (Å²) in [6, 6.07) is 17.7. The monoisotopic (exact) mass is 612 g/mol. The second-order valence-electron chi connectivity index (χ2n) is 10.7. The van der Waals surface area contributed by atoms with Gasteiger partial charge in [-0.15, -0.1) is 0 Å². The first-order valence-corrected chi connectivity index (χ1v) is 14.8. The number of carboxylic acid groups (broad SMARTS) is 2. The highest BCUT2D eigenvalue weighted by atomic mass is 16.5. The Labute approximate surface area is 261 Å². The standard InChI is InChI=1S/C35H36N2O8/c1-4-5-13-37-30(29-11-10-27(42-2)20-33(29)45-21-23-8-6-7-9-28(23)35(40)41)19-26(36-37)16-25(34(38)39)15-24-18-32-22(12-14-44-32)17-31(24)43-3/h6-11,16-20H,4-5,12-15,21H2,1-3H3,(H,38,39)(H,40,41). The molecule has 1 aliphatic heterocycles. The van der Waals surface area contributed by atoms with Crippen LogP contribution in [0.4, 0.5) is 0 Å². The van der Waals surface area contributed by atoms with Gasteiger partial charge in [0.05, 0.1) is 37.8 Å². The van der Waals surface area contributed by atoms with Crippen LogP contribution in [0.1, 0.15) is 52.5 Å². The van der Waals surface area contributed by atoms with Crippen LogP contribution in [0.3, 0.4) is 0 Å². The molecule has 2 N–H and O–H groups in total. The van der Waals surface area contributed by atoms with Crippen molar-refractivity contribution in [2.75, 3.05) is 20.8 Å². The van der Waals surface area contributed by atoms with E-state index in [0.717, 1.165) is 36.3 Å². The summed E-state index contributed by atoms with van der Waals surface area (Å²) >= 11 is 0. The molecule has 3 aromatic carbocycles. The Morgan fingerprint density at radius 2 is 1.82 bits per heavy atom. The van der Waals surface area contributed by atoms with E-state index < -0.39 is 11.9 Å². The number of fused-ring (bicyclic) bond motifs is 1. The number of hydrogen-bond acceptors (Lipinski definition) is 7. The van der Waals surface area contributed by atoms with Crippen molar-refractivity contribution in [2.45, 2.75) is 45.8 Å². The van der Waals surface area contributed by atoms with Gasteiger partial charge in [0, 0.05) is 53.3 Å². The summed E-state index contributed by atoms with van der Waals surface area (Å²) in [6.07, 6.45) is 4.27. The molecule has 0 radical (unpaired) electrons. The van der Waals surface area contributed by atoms with Gasteiger partial charge in [0.25, 0.3) is 0 Å². The first-order valence-electron chi connectivity index (χ1n) is 14.8. The Morgan fingerprint density at radius 1 is 1.00 bits per heavy atom. The van der Waals surface area contributed by atoms with E-state index in [1.807, 2.05) is 35.0 Å². The van der Waals surface area contributed by atoms with Crippen molar-refractivity contribution < 1.29 is 38.7 Å². The van der Waals surface area contributed by atoms with Crippen molar-refractivity contribution in [3.8, 4) is 34.3 Å². The van der Waals surface area contributed by atoms with Gasteiger partial charge >= 0.3 is 11.9 Å². The maximum absolute atomic E-state index is 12.4. The first-order chi connectivity index (χ1) is 21.8. The third-order valence-corrected chi connectivity index (χ3v) is 7.69. The molecule has 0 amide bonds. The number of benzene rings is 3. The number of nitrogens with zero attached hydrogens (tertiary/aromatic N) is 2. The fraction of sp³-hybridized carbons (Fsp3) is 0.286. The maximum Gasteiger partial charge on any atom is 0.336 e. The Morgan fingerprint density at radius 3 is 2.56 bits per heavy atom. The van der Waals surface area contributed by atoms with Crippen LogP contribution < -0.4 is 18.9 Å². The smallest absolute Gasteiger partial charge is 0.336 e. The lowest BCUT2D eigenvalue weighted by molar-refractivity contribution is -0.132. The van der Waals surface area contributed by atoms with Gasteiger partial charge in [0.2, 0.25) is 0 Å². The summed E-state index contributed by atoms with van der Waals surface area (Å²) in [5.41, 5.74) is 4.51. The van der Waals surface area contributed by atoms with E-state index in [9.17, 15) is 19.8 Å². The fourth-order valence-corrected chi connectivity index (χ4v) is 5.32. The summed E-state index contributed by atoms with van der Waals surface area (Å²) in [5.74, 6) is 0.316. The summed E-state index contributed by atoms with van der Waals surface area (Å²) in [6.45, 7) is 3.30. The third-order valence-electron chi connectivity index (χ3n) is 7.69. The maximum atomic E-state index is 12.4. The number of hydrogen-bond donors (Lipinski definition) is 2. The third kappa shape index (κ3) is 7.12. The predicted octanol–water partition coefficient (Wildman–Crippen LogP) is 6.29. The molecular weight excluding hydrogens is 576 g/mol. The number of aliphatic carboxylic acids is 1. The van der Waals surface area contributed by atoms with Gasteiger partial charge in [0.15, 0.2) is 0 Å². The highest BCUT2D eigenvalue weighted by Gasteiger charge is 2.21. The molecule has 1 aromatic heterocycles. The molecule has 5 rings (SSSR count). The van der Waals surface area contributed by atoms with Crippen LogP contribution in [0.25, 0.3) is 17.3 Å². The van der Waals surface area contributed by atoms with Crippen molar-refractivity contribution in [2.24, 2.45) is 0 Å². The van der Waals surface area contributed by atoms with E-state index in [2.05, 4.69) is 6.92 Å². The van der Waals surface area contributed by atoms with Crippen LogP contribution >= 0.6 is 0 Å². The summed E-state index contributed by atoms with van der Waals surface area (Å²) in [5, 5.41) is 24.6. The van der Waals surface area contributed by atoms with Crippen molar-refractivity contribution >= 4 is 18.0 Å². The molecule has 0 aliphatic carbocycles. The molecule has 10 heteroatoms. The highest BCUT2D eigenvalue weighted by molar-refractivity contribution is 5.93. The topological polar surface area (TPSA) is 129 Å². The molecule has 10 nitrogen and oxygen atoms in total. The Kier molecular flexibility index (Phi) is 9.72. The van der Waals surface area contributed by atoms with E-state index >= 15 is 0 Å². The summed E-state index contributed by atoms with van der Waals surface area (Å²) < 4.78 is 24.8. The number of carboxylic acids is 2. The molecule has 0 unspecified atom stereocenters. The zero-order valence-corrected chi connectivity index (χ0v) is 25.5. The molecule has 1 aliphatic rings. The summed E-state index contributed by atoms with van der Waals surface area (Å²) in [7, 11) is 3.13. The number of unbranched alkanes of at least 4 members (excludes halogenated alkanes) is 1. The lowest BCUT2D eigenvalue weighted by Gasteiger charge is -2.15. The average molecular weight is 613 g/mol. The normalized spacial score (nSPS) is 12.4. The van der Waals surface area contributed by atoms with E-state index in [0.29, 0.717) is 52.8 Å². The van der Waals surface area contributed by atoms with Crippen molar-refractivity contribution in [3.63, 3.8) is 0 Å². The number of aromatic carboxylic acids is 1.